The second kappa shape index (κ2) is 11.0. The van der Waals surface area contributed by atoms with Crippen molar-refractivity contribution in [3.63, 3.8) is 0 Å². The van der Waals surface area contributed by atoms with Gasteiger partial charge in [0.1, 0.15) is 12.4 Å². The molecule has 0 heterocycles. The quantitative estimate of drug-likeness (QED) is 0.403. The fraction of sp³-hybridized carbons (Fsp3) is 0.562. The zero-order chi connectivity index (χ0) is 18.7. The van der Waals surface area contributed by atoms with Crippen molar-refractivity contribution in [2.24, 2.45) is 0 Å². The molecule has 1 atom stereocenters. The maximum atomic E-state index is 11.1. The molecule has 142 valence electrons. The van der Waals surface area contributed by atoms with Gasteiger partial charge in [-0.25, -0.2) is 4.79 Å². The van der Waals surface area contributed by atoms with Crippen molar-refractivity contribution in [2.45, 2.75) is 19.4 Å². The van der Waals surface area contributed by atoms with E-state index in [0.717, 1.165) is 6.26 Å². The highest BCUT2D eigenvalue weighted by molar-refractivity contribution is 7.86. The fourth-order valence-electron chi connectivity index (χ4n) is 1.89. The molecule has 0 aliphatic carbocycles. The predicted octanol–water partition coefficient (Wildman–Crippen LogP) is 1.09. The third-order valence-electron chi connectivity index (χ3n) is 2.98. The van der Waals surface area contributed by atoms with Crippen LogP contribution in [0.3, 0.4) is 0 Å². The second-order valence-corrected chi connectivity index (χ2v) is 6.73. The van der Waals surface area contributed by atoms with Crippen LogP contribution in [0.5, 0.6) is 5.75 Å². The fourth-order valence-corrected chi connectivity index (χ4v) is 2.46. The van der Waals surface area contributed by atoms with Gasteiger partial charge >= 0.3 is 5.97 Å². The summed E-state index contributed by atoms with van der Waals surface area (Å²) in [6, 6.07) is 6.67. The Hall–Kier alpha value is -1.68. The normalized spacial score (nSPS) is 12.7. The summed E-state index contributed by atoms with van der Waals surface area (Å²) in [5, 5.41) is 9.04. The molecule has 0 aliphatic heterocycles. The number of hydrogen-bond acceptors (Lipinski definition) is 7. The highest BCUT2D eigenvalue weighted by atomic mass is 32.2. The van der Waals surface area contributed by atoms with E-state index < -0.39 is 22.2 Å². The first-order valence-electron chi connectivity index (χ1n) is 7.80. The minimum Gasteiger partial charge on any atom is -0.491 e. The van der Waals surface area contributed by atoms with Crippen molar-refractivity contribution in [3.05, 3.63) is 29.8 Å². The summed E-state index contributed by atoms with van der Waals surface area (Å²) in [6.07, 6.45) is -0.708. The van der Waals surface area contributed by atoms with Gasteiger partial charge in [-0.05, 0) is 24.6 Å². The SMILES string of the molecule is CCOCCOCCOc1ccc(C[C@@H](OS(C)(=O)=O)C(=O)O)cc1. The Bertz CT molecular complexity index is 612. The Labute approximate surface area is 147 Å². The van der Waals surface area contributed by atoms with Crippen LogP contribution in [0.1, 0.15) is 12.5 Å². The maximum Gasteiger partial charge on any atom is 0.334 e. The first-order valence-corrected chi connectivity index (χ1v) is 9.61. The molecule has 0 amide bonds. The van der Waals surface area contributed by atoms with E-state index in [1.807, 2.05) is 6.92 Å². The van der Waals surface area contributed by atoms with Crippen LogP contribution in [-0.4, -0.2) is 64.9 Å². The molecule has 0 radical (unpaired) electrons. The smallest absolute Gasteiger partial charge is 0.334 e. The Morgan fingerprint density at radius 2 is 1.68 bits per heavy atom. The third-order valence-corrected chi connectivity index (χ3v) is 3.57. The maximum absolute atomic E-state index is 11.1. The van der Waals surface area contributed by atoms with E-state index in [1.165, 1.54) is 0 Å². The Morgan fingerprint density at radius 1 is 1.08 bits per heavy atom. The molecule has 1 N–H and O–H groups in total. The summed E-state index contributed by atoms with van der Waals surface area (Å²) in [7, 11) is -3.85. The summed E-state index contributed by atoms with van der Waals surface area (Å²) in [5.41, 5.74) is 0.622. The minimum absolute atomic E-state index is 0.0662. The van der Waals surface area contributed by atoms with E-state index in [2.05, 4.69) is 4.18 Å². The van der Waals surface area contributed by atoms with Crippen LogP contribution in [0.2, 0.25) is 0 Å². The van der Waals surface area contributed by atoms with Crippen molar-refractivity contribution in [3.8, 4) is 5.75 Å². The number of aliphatic carboxylic acids is 1. The lowest BCUT2D eigenvalue weighted by Gasteiger charge is -2.12. The predicted molar refractivity (Wildman–Crippen MR) is 90.3 cm³/mol. The molecule has 9 heteroatoms. The van der Waals surface area contributed by atoms with Crippen molar-refractivity contribution in [1.29, 1.82) is 0 Å². The molecule has 0 saturated carbocycles. The van der Waals surface area contributed by atoms with Gasteiger partial charge in [-0.3, -0.25) is 4.18 Å². The summed E-state index contributed by atoms with van der Waals surface area (Å²) < 4.78 is 42.7. The monoisotopic (exact) mass is 376 g/mol. The van der Waals surface area contributed by atoms with Gasteiger partial charge in [-0.15, -0.1) is 0 Å². The molecule has 1 aromatic carbocycles. The van der Waals surface area contributed by atoms with Gasteiger partial charge < -0.3 is 19.3 Å². The zero-order valence-corrected chi connectivity index (χ0v) is 15.2. The van der Waals surface area contributed by atoms with Gasteiger partial charge in [0.05, 0.1) is 26.1 Å². The molecule has 0 bridgehead atoms. The first kappa shape index (κ1) is 21.4. The highest BCUT2D eigenvalue weighted by Gasteiger charge is 2.23. The molecule has 1 aromatic rings. The summed E-state index contributed by atoms with van der Waals surface area (Å²) >= 11 is 0. The van der Waals surface area contributed by atoms with Gasteiger partial charge in [-0.2, -0.15) is 8.42 Å². The van der Waals surface area contributed by atoms with Crippen LogP contribution in [-0.2, 0) is 35.0 Å². The number of carboxylic acid groups (broad SMARTS) is 1. The van der Waals surface area contributed by atoms with Crippen molar-refractivity contribution >= 4 is 16.1 Å². The average Bonchev–Trinajstić information content (AvgIpc) is 2.53. The summed E-state index contributed by atoms with van der Waals surface area (Å²) in [6.45, 7) is 4.43. The molecular formula is C16H24O8S. The van der Waals surface area contributed by atoms with E-state index in [9.17, 15) is 13.2 Å². The number of carbonyl (C=O) groups is 1. The van der Waals surface area contributed by atoms with E-state index in [0.29, 0.717) is 44.3 Å². The number of benzene rings is 1. The van der Waals surface area contributed by atoms with Crippen molar-refractivity contribution in [2.75, 3.05) is 39.3 Å². The summed E-state index contributed by atoms with van der Waals surface area (Å²) in [5.74, 6) is -0.733. The number of rotatable bonds is 13. The van der Waals surface area contributed by atoms with Crippen LogP contribution >= 0.6 is 0 Å². The molecule has 8 nitrogen and oxygen atoms in total. The minimum atomic E-state index is -3.85. The van der Waals surface area contributed by atoms with Gasteiger partial charge in [-0.1, -0.05) is 12.1 Å². The average molecular weight is 376 g/mol. The molecule has 1 rings (SSSR count). The lowest BCUT2D eigenvalue weighted by molar-refractivity contribution is -0.144. The van der Waals surface area contributed by atoms with E-state index in [1.54, 1.807) is 24.3 Å². The van der Waals surface area contributed by atoms with E-state index in [4.69, 9.17) is 19.3 Å². The van der Waals surface area contributed by atoms with Crippen LogP contribution < -0.4 is 4.74 Å². The lowest BCUT2D eigenvalue weighted by atomic mass is 10.1. The molecule has 0 fully saturated rings. The topological polar surface area (TPSA) is 108 Å². The van der Waals surface area contributed by atoms with Crippen LogP contribution in [0, 0.1) is 0 Å². The molecule has 0 saturated heterocycles. The van der Waals surface area contributed by atoms with Crippen LogP contribution in [0.15, 0.2) is 24.3 Å². The van der Waals surface area contributed by atoms with Gasteiger partial charge in [0.15, 0.2) is 6.10 Å². The number of carboxylic acids is 1. The largest absolute Gasteiger partial charge is 0.491 e. The van der Waals surface area contributed by atoms with Crippen LogP contribution in [0.25, 0.3) is 0 Å². The van der Waals surface area contributed by atoms with Crippen LogP contribution in [0.4, 0.5) is 0 Å². The summed E-state index contributed by atoms with van der Waals surface area (Å²) in [4.78, 5) is 11.1. The molecule has 0 aromatic heterocycles. The second-order valence-electron chi connectivity index (χ2n) is 5.13. The molecule has 0 spiro atoms. The van der Waals surface area contributed by atoms with E-state index in [-0.39, 0.29) is 6.42 Å². The van der Waals surface area contributed by atoms with Gasteiger partial charge in [0.25, 0.3) is 10.1 Å². The zero-order valence-electron chi connectivity index (χ0n) is 14.3. The van der Waals surface area contributed by atoms with Gasteiger partial charge in [0.2, 0.25) is 0 Å². The Morgan fingerprint density at radius 3 is 2.24 bits per heavy atom. The standard InChI is InChI=1S/C16H24O8S/c1-3-21-8-9-22-10-11-23-14-6-4-13(5-7-14)12-15(16(17)18)24-25(2,19)20/h4-7,15H,3,8-12H2,1-2H3,(H,17,18)/t15-/m1/s1. The first-order chi connectivity index (χ1) is 11.8. The van der Waals surface area contributed by atoms with Crippen molar-refractivity contribution < 1.29 is 36.7 Å². The molecule has 0 unspecified atom stereocenters. The molecule has 0 aliphatic rings. The Balaban J connectivity index is 2.40. The van der Waals surface area contributed by atoms with Crippen molar-refractivity contribution in [1.82, 2.24) is 0 Å². The number of ether oxygens (including phenoxy) is 3. The Kier molecular flexibility index (Phi) is 9.43. The molecule has 25 heavy (non-hydrogen) atoms. The highest BCUT2D eigenvalue weighted by Crippen LogP contribution is 2.15. The van der Waals surface area contributed by atoms with E-state index >= 15 is 0 Å². The number of hydrogen-bond donors (Lipinski definition) is 1. The molecular weight excluding hydrogens is 352 g/mol. The lowest BCUT2D eigenvalue weighted by Crippen LogP contribution is -2.28. The van der Waals surface area contributed by atoms with Gasteiger partial charge in [0, 0.05) is 13.0 Å². The third kappa shape index (κ3) is 10.0.